The number of aliphatic carboxylic acids is 1. The van der Waals surface area contributed by atoms with Crippen molar-refractivity contribution in [3.63, 3.8) is 0 Å². The van der Waals surface area contributed by atoms with Crippen molar-refractivity contribution >= 4 is 29.4 Å². The van der Waals surface area contributed by atoms with Gasteiger partial charge in [-0.3, -0.25) is 4.79 Å². The van der Waals surface area contributed by atoms with Crippen LogP contribution < -0.4 is 0 Å². The third kappa shape index (κ3) is 2.33. The van der Waals surface area contributed by atoms with Crippen LogP contribution in [0.2, 0.25) is 0 Å². The van der Waals surface area contributed by atoms with E-state index in [0.29, 0.717) is 6.54 Å². The minimum atomic E-state index is -0.784. The largest absolute Gasteiger partial charge is 0.481 e. The van der Waals surface area contributed by atoms with Crippen LogP contribution in [0.15, 0.2) is 30.6 Å². The van der Waals surface area contributed by atoms with Crippen molar-refractivity contribution < 1.29 is 9.90 Å². The van der Waals surface area contributed by atoms with Crippen LogP contribution in [-0.4, -0.2) is 20.6 Å². The zero-order valence-electron chi connectivity index (χ0n) is 8.83. The number of carbonyl (C=O) groups is 1. The van der Waals surface area contributed by atoms with E-state index in [1.807, 2.05) is 28.8 Å². The standard InChI is InChI=1S/C11H12N2O2.ClH/c1-8(11(14)15)6-13-7-12-9-4-2-3-5-10(9)13;/h2-5,7-8H,6H2,1H3,(H,14,15);1H. The highest BCUT2D eigenvalue weighted by Gasteiger charge is 2.12. The van der Waals surface area contributed by atoms with E-state index in [1.54, 1.807) is 13.3 Å². The molecule has 0 saturated heterocycles. The third-order valence-corrected chi connectivity index (χ3v) is 2.42. The molecule has 0 amide bonds. The Morgan fingerprint density at radius 2 is 2.19 bits per heavy atom. The van der Waals surface area contributed by atoms with Gasteiger partial charge < -0.3 is 9.67 Å². The lowest BCUT2D eigenvalue weighted by molar-refractivity contribution is -0.141. The molecule has 1 atom stereocenters. The summed E-state index contributed by atoms with van der Waals surface area (Å²) < 4.78 is 1.87. The van der Waals surface area contributed by atoms with Gasteiger partial charge in [-0.1, -0.05) is 19.1 Å². The van der Waals surface area contributed by atoms with Crippen molar-refractivity contribution in [2.24, 2.45) is 5.92 Å². The van der Waals surface area contributed by atoms with Gasteiger partial charge in [0, 0.05) is 6.54 Å². The molecular formula is C11H13ClN2O2. The summed E-state index contributed by atoms with van der Waals surface area (Å²) in [5.74, 6) is -1.18. The minimum Gasteiger partial charge on any atom is -0.481 e. The molecule has 1 aromatic carbocycles. The Bertz CT molecular complexity index is 495. The topological polar surface area (TPSA) is 55.1 Å². The van der Waals surface area contributed by atoms with Crippen molar-refractivity contribution in [3.8, 4) is 0 Å². The molecule has 0 spiro atoms. The normalized spacial score (nSPS) is 12.1. The molecule has 0 bridgehead atoms. The maximum Gasteiger partial charge on any atom is 0.308 e. The summed E-state index contributed by atoms with van der Waals surface area (Å²) in [6.45, 7) is 2.15. The van der Waals surface area contributed by atoms with Crippen LogP contribution in [0.5, 0.6) is 0 Å². The van der Waals surface area contributed by atoms with Crippen LogP contribution in [0.25, 0.3) is 11.0 Å². The first-order valence-corrected chi connectivity index (χ1v) is 4.81. The van der Waals surface area contributed by atoms with E-state index < -0.39 is 11.9 Å². The Morgan fingerprint density at radius 3 is 2.88 bits per heavy atom. The van der Waals surface area contributed by atoms with E-state index in [2.05, 4.69) is 4.98 Å². The summed E-state index contributed by atoms with van der Waals surface area (Å²) in [6.07, 6.45) is 1.68. The van der Waals surface area contributed by atoms with Crippen molar-refractivity contribution in [2.75, 3.05) is 0 Å². The lowest BCUT2D eigenvalue weighted by atomic mass is 10.2. The molecule has 2 rings (SSSR count). The molecule has 1 heterocycles. The van der Waals surface area contributed by atoms with Crippen molar-refractivity contribution in [1.82, 2.24) is 9.55 Å². The van der Waals surface area contributed by atoms with Crippen LogP contribution in [-0.2, 0) is 11.3 Å². The fourth-order valence-electron chi connectivity index (χ4n) is 1.53. The van der Waals surface area contributed by atoms with Crippen LogP contribution >= 0.6 is 12.4 Å². The van der Waals surface area contributed by atoms with Crippen molar-refractivity contribution in [2.45, 2.75) is 13.5 Å². The van der Waals surface area contributed by atoms with Crippen molar-refractivity contribution in [1.29, 1.82) is 0 Å². The van der Waals surface area contributed by atoms with Gasteiger partial charge >= 0.3 is 5.97 Å². The van der Waals surface area contributed by atoms with Gasteiger partial charge in [-0.2, -0.15) is 0 Å². The number of benzene rings is 1. The van der Waals surface area contributed by atoms with Gasteiger partial charge in [0.15, 0.2) is 0 Å². The van der Waals surface area contributed by atoms with E-state index in [4.69, 9.17) is 5.11 Å². The smallest absolute Gasteiger partial charge is 0.308 e. The van der Waals surface area contributed by atoms with Crippen LogP contribution in [0.4, 0.5) is 0 Å². The Balaban J connectivity index is 0.00000128. The monoisotopic (exact) mass is 240 g/mol. The van der Waals surface area contributed by atoms with Crippen molar-refractivity contribution in [3.05, 3.63) is 30.6 Å². The fraction of sp³-hybridized carbons (Fsp3) is 0.273. The van der Waals surface area contributed by atoms with Gasteiger partial charge in [-0.25, -0.2) is 4.98 Å². The predicted molar refractivity (Wildman–Crippen MR) is 63.8 cm³/mol. The molecule has 2 aromatic rings. The average molecular weight is 241 g/mol. The summed E-state index contributed by atoms with van der Waals surface area (Å²) in [5, 5.41) is 8.82. The highest BCUT2D eigenvalue weighted by atomic mass is 35.5. The minimum absolute atomic E-state index is 0. The van der Waals surface area contributed by atoms with Gasteiger partial charge in [0.25, 0.3) is 0 Å². The second kappa shape index (κ2) is 4.99. The molecule has 1 unspecified atom stereocenters. The van der Waals surface area contributed by atoms with E-state index in [0.717, 1.165) is 11.0 Å². The first kappa shape index (κ1) is 12.5. The second-order valence-corrected chi connectivity index (χ2v) is 3.62. The SMILES string of the molecule is CC(Cn1cnc2ccccc21)C(=O)O.Cl. The number of halogens is 1. The lowest BCUT2D eigenvalue weighted by Gasteiger charge is -2.07. The maximum absolute atomic E-state index is 10.7. The van der Waals surface area contributed by atoms with Crippen LogP contribution in [0, 0.1) is 5.92 Å². The summed E-state index contributed by atoms with van der Waals surface area (Å²) in [5.41, 5.74) is 1.88. The molecule has 5 heteroatoms. The van der Waals surface area contributed by atoms with Gasteiger partial charge in [-0.15, -0.1) is 12.4 Å². The third-order valence-electron chi connectivity index (χ3n) is 2.42. The van der Waals surface area contributed by atoms with Crippen LogP contribution in [0.1, 0.15) is 6.92 Å². The van der Waals surface area contributed by atoms with Gasteiger partial charge in [-0.05, 0) is 12.1 Å². The molecule has 0 saturated carbocycles. The number of fused-ring (bicyclic) bond motifs is 1. The van der Waals surface area contributed by atoms with E-state index in [1.165, 1.54) is 0 Å². The zero-order chi connectivity index (χ0) is 10.8. The summed E-state index contributed by atoms with van der Waals surface area (Å²) in [7, 11) is 0. The molecule has 16 heavy (non-hydrogen) atoms. The summed E-state index contributed by atoms with van der Waals surface area (Å²) in [6, 6.07) is 7.69. The number of hydrogen-bond acceptors (Lipinski definition) is 2. The molecule has 86 valence electrons. The Labute approximate surface area is 99.3 Å². The number of rotatable bonds is 3. The first-order valence-electron chi connectivity index (χ1n) is 4.81. The highest BCUT2D eigenvalue weighted by molar-refractivity contribution is 5.85. The number of aromatic nitrogens is 2. The van der Waals surface area contributed by atoms with E-state index in [9.17, 15) is 4.79 Å². The fourth-order valence-corrected chi connectivity index (χ4v) is 1.53. The summed E-state index contributed by atoms with van der Waals surface area (Å²) >= 11 is 0. The predicted octanol–water partition coefficient (Wildman–Crippen LogP) is 2.18. The Morgan fingerprint density at radius 1 is 1.50 bits per heavy atom. The molecule has 1 N–H and O–H groups in total. The number of nitrogens with zero attached hydrogens (tertiary/aromatic N) is 2. The molecule has 0 aliphatic rings. The van der Waals surface area contributed by atoms with E-state index in [-0.39, 0.29) is 12.4 Å². The van der Waals surface area contributed by atoms with Gasteiger partial charge in [0.2, 0.25) is 0 Å². The highest BCUT2D eigenvalue weighted by Crippen LogP contribution is 2.13. The number of carboxylic acids is 1. The zero-order valence-corrected chi connectivity index (χ0v) is 9.65. The number of imidazole rings is 1. The number of para-hydroxylation sites is 2. The molecule has 0 radical (unpaired) electrons. The first-order chi connectivity index (χ1) is 7.18. The lowest BCUT2D eigenvalue weighted by Crippen LogP contribution is -2.16. The van der Waals surface area contributed by atoms with E-state index >= 15 is 0 Å². The molecule has 1 aromatic heterocycles. The van der Waals surface area contributed by atoms with Gasteiger partial charge in [0.05, 0.1) is 23.3 Å². The average Bonchev–Trinajstić information content (AvgIpc) is 2.62. The molecular weight excluding hydrogens is 228 g/mol. The number of carboxylic acid groups (broad SMARTS) is 1. The molecule has 0 fully saturated rings. The Hall–Kier alpha value is -1.55. The summed E-state index contributed by atoms with van der Waals surface area (Å²) in [4.78, 5) is 14.9. The number of hydrogen-bond donors (Lipinski definition) is 1. The van der Waals surface area contributed by atoms with Crippen LogP contribution in [0.3, 0.4) is 0 Å². The Kier molecular flexibility index (Phi) is 3.90. The molecule has 0 aliphatic heterocycles. The quantitative estimate of drug-likeness (QED) is 0.895. The molecule has 0 aliphatic carbocycles. The maximum atomic E-state index is 10.7. The molecule has 4 nitrogen and oxygen atoms in total. The second-order valence-electron chi connectivity index (χ2n) is 3.62. The van der Waals surface area contributed by atoms with Gasteiger partial charge in [0.1, 0.15) is 0 Å².